The van der Waals surface area contributed by atoms with Crippen LogP contribution >= 0.6 is 0 Å². The average molecular weight is 375 g/mol. The first kappa shape index (κ1) is 17.6. The van der Waals surface area contributed by atoms with E-state index in [2.05, 4.69) is 4.99 Å². The third-order valence-electron chi connectivity index (χ3n) is 4.64. The fourth-order valence-corrected chi connectivity index (χ4v) is 3.30. The third kappa shape index (κ3) is 3.67. The topological polar surface area (TPSA) is 47.9 Å². The number of hydrogen-bond acceptors (Lipinski definition) is 4. The number of carbonyl (C=O) groups is 1. The van der Waals surface area contributed by atoms with Crippen molar-refractivity contribution in [3.05, 3.63) is 58.7 Å². The SMILES string of the molecule is O=C(CC1=NCCc2cc3c(cc21)OCO3)Cc1ccc(C(F)(F)F)cc1. The smallest absolute Gasteiger partial charge is 0.416 e. The van der Waals surface area contributed by atoms with Crippen molar-refractivity contribution in [2.24, 2.45) is 4.99 Å². The van der Waals surface area contributed by atoms with Gasteiger partial charge in [-0.2, -0.15) is 13.2 Å². The minimum atomic E-state index is -4.38. The molecule has 0 spiro atoms. The molecule has 4 nitrogen and oxygen atoms in total. The van der Waals surface area contributed by atoms with E-state index in [-0.39, 0.29) is 25.4 Å². The van der Waals surface area contributed by atoms with E-state index in [1.54, 1.807) is 0 Å². The van der Waals surface area contributed by atoms with Crippen LogP contribution in [0.15, 0.2) is 41.4 Å². The minimum absolute atomic E-state index is 0.0665. The van der Waals surface area contributed by atoms with Crippen molar-refractivity contribution in [3.8, 4) is 11.5 Å². The van der Waals surface area contributed by atoms with Gasteiger partial charge in [0.05, 0.1) is 5.56 Å². The highest BCUT2D eigenvalue weighted by Crippen LogP contribution is 2.36. The number of alkyl halides is 3. The molecule has 0 unspecified atom stereocenters. The Hall–Kier alpha value is -2.83. The maximum atomic E-state index is 12.6. The van der Waals surface area contributed by atoms with Crippen molar-refractivity contribution in [1.29, 1.82) is 0 Å². The van der Waals surface area contributed by atoms with Crippen LogP contribution in [-0.4, -0.2) is 24.8 Å². The minimum Gasteiger partial charge on any atom is -0.454 e. The van der Waals surface area contributed by atoms with Crippen molar-refractivity contribution >= 4 is 11.5 Å². The predicted molar refractivity (Wildman–Crippen MR) is 92.4 cm³/mol. The van der Waals surface area contributed by atoms with E-state index >= 15 is 0 Å². The zero-order valence-electron chi connectivity index (χ0n) is 14.3. The first-order chi connectivity index (χ1) is 12.9. The summed E-state index contributed by atoms with van der Waals surface area (Å²) in [6.45, 7) is 0.771. The summed E-state index contributed by atoms with van der Waals surface area (Å²) in [4.78, 5) is 16.9. The number of Topliss-reactive ketones (excluding diaryl/α,β-unsaturated/α-hetero) is 1. The Morgan fingerprint density at radius 1 is 1.04 bits per heavy atom. The third-order valence-corrected chi connectivity index (χ3v) is 4.64. The molecule has 0 aromatic heterocycles. The van der Waals surface area contributed by atoms with Crippen molar-refractivity contribution in [1.82, 2.24) is 0 Å². The molecular formula is C20H16F3NO3. The Morgan fingerprint density at radius 2 is 1.74 bits per heavy atom. The molecule has 2 aromatic rings. The molecule has 0 bridgehead atoms. The summed E-state index contributed by atoms with van der Waals surface area (Å²) in [7, 11) is 0. The number of benzene rings is 2. The van der Waals surface area contributed by atoms with Gasteiger partial charge in [-0.25, -0.2) is 0 Å². The second-order valence-corrected chi connectivity index (χ2v) is 6.53. The maximum absolute atomic E-state index is 12.6. The van der Waals surface area contributed by atoms with Gasteiger partial charge in [0.2, 0.25) is 6.79 Å². The van der Waals surface area contributed by atoms with Gasteiger partial charge in [0.1, 0.15) is 5.78 Å². The summed E-state index contributed by atoms with van der Waals surface area (Å²) in [5.74, 6) is 1.24. The van der Waals surface area contributed by atoms with Gasteiger partial charge < -0.3 is 9.47 Å². The van der Waals surface area contributed by atoms with Gasteiger partial charge in [0.15, 0.2) is 11.5 Å². The number of nitrogens with zero attached hydrogens (tertiary/aromatic N) is 1. The predicted octanol–water partition coefficient (Wildman–Crippen LogP) is 3.98. The first-order valence-corrected chi connectivity index (χ1v) is 8.54. The number of halogens is 3. The molecule has 2 aromatic carbocycles. The van der Waals surface area contributed by atoms with E-state index in [1.165, 1.54) is 12.1 Å². The number of aliphatic imine (C=N–C) groups is 1. The summed E-state index contributed by atoms with van der Waals surface area (Å²) >= 11 is 0. The molecule has 0 saturated heterocycles. The second kappa shape index (κ2) is 6.72. The van der Waals surface area contributed by atoms with E-state index in [0.29, 0.717) is 29.3 Å². The molecule has 2 heterocycles. The summed E-state index contributed by atoms with van der Waals surface area (Å²) < 4.78 is 48.7. The molecule has 27 heavy (non-hydrogen) atoms. The second-order valence-electron chi connectivity index (χ2n) is 6.53. The lowest BCUT2D eigenvalue weighted by Gasteiger charge is -2.17. The van der Waals surface area contributed by atoms with Gasteiger partial charge in [-0.15, -0.1) is 0 Å². The van der Waals surface area contributed by atoms with Crippen LogP contribution in [0.4, 0.5) is 13.2 Å². The molecule has 0 radical (unpaired) electrons. The van der Waals surface area contributed by atoms with Crippen LogP contribution in [0.3, 0.4) is 0 Å². The van der Waals surface area contributed by atoms with Crippen molar-refractivity contribution in [2.45, 2.75) is 25.4 Å². The van der Waals surface area contributed by atoms with Crippen LogP contribution in [0.5, 0.6) is 11.5 Å². The Balaban J connectivity index is 1.47. The lowest BCUT2D eigenvalue weighted by molar-refractivity contribution is -0.137. The zero-order valence-corrected chi connectivity index (χ0v) is 14.3. The number of fused-ring (bicyclic) bond motifs is 2. The standard InChI is InChI=1S/C20H16F3NO3/c21-20(22,23)14-3-1-12(2-4-14)7-15(25)9-17-16-10-19-18(26-11-27-19)8-13(16)5-6-24-17/h1-4,8,10H,5-7,9,11H2. The number of ether oxygens (including phenoxy) is 2. The molecule has 0 fully saturated rings. The summed E-state index contributed by atoms with van der Waals surface area (Å²) in [6.07, 6.45) is -3.41. The van der Waals surface area contributed by atoms with Crippen LogP contribution in [-0.2, 0) is 23.8 Å². The highest BCUT2D eigenvalue weighted by molar-refractivity contribution is 6.12. The molecule has 2 aliphatic rings. The fraction of sp³-hybridized carbons (Fsp3) is 0.300. The fourth-order valence-electron chi connectivity index (χ4n) is 3.30. The van der Waals surface area contributed by atoms with Gasteiger partial charge in [0.25, 0.3) is 0 Å². The molecular weight excluding hydrogens is 359 g/mol. The molecule has 0 N–H and O–H groups in total. The first-order valence-electron chi connectivity index (χ1n) is 8.54. The maximum Gasteiger partial charge on any atom is 0.416 e. The van der Waals surface area contributed by atoms with Crippen LogP contribution in [0, 0.1) is 0 Å². The van der Waals surface area contributed by atoms with Crippen LogP contribution < -0.4 is 9.47 Å². The molecule has 2 aliphatic heterocycles. The number of carbonyl (C=O) groups excluding carboxylic acids is 1. The zero-order chi connectivity index (χ0) is 19.0. The molecule has 0 atom stereocenters. The highest BCUT2D eigenvalue weighted by atomic mass is 19.4. The Bertz CT molecular complexity index is 917. The normalized spacial score (nSPS) is 15.3. The molecule has 140 valence electrons. The van der Waals surface area contributed by atoms with E-state index in [4.69, 9.17) is 9.47 Å². The Kier molecular flexibility index (Phi) is 4.37. The number of rotatable bonds is 4. The largest absolute Gasteiger partial charge is 0.454 e. The quantitative estimate of drug-likeness (QED) is 0.812. The molecule has 4 rings (SSSR count). The summed E-state index contributed by atoms with van der Waals surface area (Å²) in [5, 5.41) is 0. The van der Waals surface area contributed by atoms with E-state index < -0.39 is 11.7 Å². The monoisotopic (exact) mass is 375 g/mol. The van der Waals surface area contributed by atoms with E-state index in [0.717, 1.165) is 29.7 Å². The lowest BCUT2D eigenvalue weighted by Crippen LogP contribution is -2.18. The van der Waals surface area contributed by atoms with Gasteiger partial charge in [-0.05, 0) is 41.8 Å². The lowest BCUT2D eigenvalue weighted by atomic mass is 9.93. The van der Waals surface area contributed by atoms with Gasteiger partial charge in [-0.3, -0.25) is 9.79 Å². The number of hydrogen-bond donors (Lipinski definition) is 0. The van der Waals surface area contributed by atoms with Gasteiger partial charge in [-0.1, -0.05) is 12.1 Å². The average Bonchev–Trinajstić information content (AvgIpc) is 3.07. The van der Waals surface area contributed by atoms with Crippen LogP contribution in [0.1, 0.15) is 28.7 Å². The Morgan fingerprint density at radius 3 is 2.44 bits per heavy atom. The van der Waals surface area contributed by atoms with Crippen LogP contribution in [0.25, 0.3) is 0 Å². The van der Waals surface area contributed by atoms with Gasteiger partial charge in [0, 0.05) is 30.7 Å². The number of ketones is 1. The van der Waals surface area contributed by atoms with E-state index in [9.17, 15) is 18.0 Å². The molecule has 7 heteroatoms. The summed E-state index contributed by atoms with van der Waals surface area (Å²) in [6, 6.07) is 8.45. The van der Waals surface area contributed by atoms with Crippen molar-refractivity contribution in [2.75, 3.05) is 13.3 Å². The van der Waals surface area contributed by atoms with Gasteiger partial charge >= 0.3 is 6.18 Å². The van der Waals surface area contributed by atoms with Crippen molar-refractivity contribution < 1.29 is 27.4 Å². The molecule has 0 saturated carbocycles. The Labute approximate surface area is 153 Å². The highest BCUT2D eigenvalue weighted by Gasteiger charge is 2.30. The van der Waals surface area contributed by atoms with E-state index in [1.807, 2.05) is 12.1 Å². The molecule has 0 aliphatic carbocycles. The van der Waals surface area contributed by atoms with Crippen LogP contribution in [0.2, 0.25) is 0 Å². The summed E-state index contributed by atoms with van der Waals surface area (Å²) in [5.41, 5.74) is 2.46. The van der Waals surface area contributed by atoms with Crippen molar-refractivity contribution in [3.63, 3.8) is 0 Å². The molecule has 0 amide bonds.